The van der Waals surface area contributed by atoms with Gasteiger partial charge in [-0.15, -0.1) is 0 Å². The second-order valence-electron chi connectivity index (χ2n) is 8.58. The van der Waals surface area contributed by atoms with Gasteiger partial charge >= 0.3 is 0 Å². The maximum Gasteiger partial charge on any atom is 0.0391 e. The highest BCUT2D eigenvalue weighted by molar-refractivity contribution is 5.62. The molecule has 0 heterocycles. The van der Waals surface area contributed by atoms with Crippen molar-refractivity contribution in [3.8, 4) is 0 Å². The maximum absolute atomic E-state index is 6.77. The lowest BCUT2D eigenvalue weighted by Crippen LogP contribution is -2.16. The van der Waals surface area contributed by atoms with Crippen molar-refractivity contribution in [1.29, 1.82) is 0 Å². The van der Waals surface area contributed by atoms with E-state index >= 15 is 0 Å². The summed E-state index contributed by atoms with van der Waals surface area (Å²) in [6.07, 6.45) is 0. The van der Waals surface area contributed by atoms with Gasteiger partial charge < -0.3 is 5.73 Å². The van der Waals surface area contributed by atoms with Crippen LogP contribution in [0, 0.1) is 0 Å². The molecule has 0 aliphatic carbocycles. The van der Waals surface area contributed by atoms with Crippen molar-refractivity contribution in [2.24, 2.45) is 0 Å². The van der Waals surface area contributed by atoms with Crippen molar-refractivity contribution in [2.75, 3.05) is 5.73 Å². The Morgan fingerprint density at radius 2 is 1.04 bits per heavy atom. The normalized spacial score (nSPS) is 14.0. The van der Waals surface area contributed by atoms with Gasteiger partial charge in [0.2, 0.25) is 0 Å². The molecule has 140 valence electrons. The second kappa shape index (κ2) is 7.60. The number of nitrogen functional groups attached to an aromatic ring is 1. The number of benzene rings is 3. The Hall–Kier alpha value is -2.54. The molecule has 0 bridgehead atoms. The smallest absolute Gasteiger partial charge is 0.0391 e. The van der Waals surface area contributed by atoms with Crippen LogP contribution in [-0.4, -0.2) is 0 Å². The van der Waals surface area contributed by atoms with E-state index in [-0.39, 0.29) is 17.3 Å². The Kier molecular flexibility index (Phi) is 5.41. The third-order valence-corrected chi connectivity index (χ3v) is 5.64. The van der Waals surface area contributed by atoms with Gasteiger partial charge in [0, 0.05) is 17.5 Å². The number of hydrogen-bond donors (Lipinski definition) is 1. The Morgan fingerprint density at radius 1 is 0.667 bits per heavy atom. The zero-order valence-corrected chi connectivity index (χ0v) is 17.2. The van der Waals surface area contributed by atoms with Crippen LogP contribution in [0.25, 0.3) is 0 Å². The number of rotatable bonds is 4. The largest absolute Gasteiger partial charge is 0.398 e. The fourth-order valence-corrected chi connectivity index (χ4v) is 3.69. The summed E-state index contributed by atoms with van der Waals surface area (Å²) < 4.78 is 0. The molecule has 0 fully saturated rings. The van der Waals surface area contributed by atoms with Crippen molar-refractivity contribution in [3.05, 3.63) is 101 Å². The van der Waals surface area contributed by atoms with Gasteiger partial charge in [0.25, 0.3) is 0 Å². The summed E-state index contributed by atoms with van der Waals surface area (Å²) in [5, 5.41) is 0. The molecule has 2 N–H and O–H groups in total. The molecule has 0 aliphatic heterocycles. The van der Waals surface area contributed by atoms with Crippen LogP contribution in [0.4, 0.5) is 5.69 Å². The summed E-state index contributed by atoms with van der Waals surface area (Å²) in [6, 6.07) is 25.9. The zero-order valence-electron chi connectivity index (χ0n) is 17.2. The van der Waals surface area contributed by atoms with E-state index in [9.17, 15) is 0 Å². The lowest BCUT2D eigenvalue weighted by Gasteiger charge is -2.27. The molecular formula is C26H31N. The molecule has 0 amide bonds. The minimum Gasteiger partial charge on any atom is -0.398 e. The first-order valence-electron chi connectivity index (χ1n) is 9.82. The van der Waals surface area contributed by atoms with Crippen LogP contribution >= 0.6 is 0 Å². The van der Waals surface area contributed by atoms with E-state index in [1.807, 2.05) is 0 Å². The van der Waals surface area contributed by atoms with Crippen molar-refractivity contribution < 1.29 is 0 Å². The van der Waals surface area contributed by atoms with Gasteiger partial charge in [-0.2, -0.15) is 0 Å². The minimum absolute atomic E-state index is 0.0734. The average molecular weight is 358 g/mol. The Labute approximate surface area is 164 Å². The molecule has 0 saturated heterocycles. The predicted molar refractivity (Wildman–Crippen MR) is 117 cm³/mol. The lowest BCUT2D eigenvalue weighted by molar-refractivity contribution is 0.587. The first-order valence-corrected chi connectivity index (χ1v) is 9.82. The van der Waals surface area contributed by atoms with Crippen LogP contribution in [-0.2, 0) is 5.41 Å². The highest BCUT2D eigenvalue weighted by Gasteiger charge is 2.23. The summed E-state index contributed by atoms with van der Waals surface area (Å²) in [5.74, 6) is 0.519. The summed E-state index contributed by atoms with van der Waals surface area (Å²) in [7, 11) is 0. The zero-order chi connectivity index (χ0) is 19.6. The summed E-state index contributed by atoms with van der Waals surface area (Å²) in [4.78, 5) is 0. The molecular weight excluding hydrogens is 326 g/mol. The molecule has 0 spiro atoms. The van der Waals surface area contributed by atoms with Gasteiger partial charge in [0.1, 0.15) is 0 Å². The average Bonchev–Trinajstić information content (AvgIpc) is 2.67. The Balaban J connectivity index is 2.16. The molecule has 3 aromatic rings. The number of hydrogen-bond acceptors (Lipinski definition) is 1. The quantitative estimate of drug-likeness (QED) is 0.507. The van der Waals surface area contributed by atoms with Gasteiger partial charge in [-0.1, -0.05) is 107 Å². The third-order valence-electron chi connectivity index (χ3n) is 5.64. The third kappa shape index (κ3) is 4.08. The van der Waals surface area contributed by atoms with E-state index in [1.54, 1.807) is 0 Å². The summed E-state index contributed by atoms with van der Waals surface area (Å²) >= 11 is 0. The second-order valence-corrected chi connectivity index (χ2v) is 8.58. The molecule has 0 radical (unpaired) electrons. The van der Waals surface area contributed by atoms with Crippen LogP contribution in [0.5, 0.6) is 0 Å². The van der Waals surface area contributed by atoms with Crippen LogP contribution < -0.4 is 5.73 Å². The van der Waals surface area contributed by atoms with Gasteiger partial charge in [-0.3, -0.25) is 0 Å². The minimum atomic E-state index is 0.0734. The fraction of sp³-hybridized carbons (Fsp3) is 0.308. The van der Waals surface area contributed by atoms with Crippen molar-refractivity contribution in [3.63, 3.8) is 0 Å². The molecule has 3 rings (SSSR count). The molecule has 1 heteroatoms. The van der Waals surface area contributed by atoms with E-state index in [1.165, 1.54) is 27.8 Å². The Bertz CT molecular complexity index is 822. The first-order chi connectivity index (χ1) is 12.8. The monoisotopic (exact) mass is 357 g/mol. The van der Waals surface area contributed by atoms with E-state index < -0.39 is 0 Å². The summed E-state index contributed by atoms with van der Waals surface area (Å²) in [5.41, 5.74) is 14.2. The topological polar surface area (TPSA) is 26.0 Å². The standard InChI is InChI=1S/C26H31N/c1-18(20-12-8-6-9-13-20)23-16-22(26(3,4)5)17-24(25(23)27)19(2)21-14-10-7-11-15-21/h6-19H,27H2,1-5H3/t18-,19-/m1/s1. The van der Waals surface area contributed by atoms with Crippen LogP contribution in [0.2, 0.25) is 0 Å². The maximum atomic E-state index is 6.77. The fourth-order valence-electron chi connectivity index (χ4n) is 3.69. The first kappa shape index (κ1) is 19.2. The molecule has 0 unspecified atom stereocenters. The molecule has 3 aromatic carbocycles. The molecule has 0 aliphatic rings. The molecule has 0 saturated carbocycles. The molecule has 1 nitrogen and oxygen atoms in total. The molecule has 0 aromatic heterocycles. The SMILES string of the molecule is C[C@H](c1ccccc1)c1cc(C(C)(C)C)cc([C@H](C)c2ccccc2)c1N. The highest BCUT2D eigenvalue weighted by Crippen LogP contribution is 2.39. The number of anilines is 1. The van der Waals surface area contributed by atoms with Crippen molar-refractivity contribution in [1.82, 2.24) is 0 Å². The van der Waals surface area contributed by atoms with Crippen LogP contribution in [0.3, 0.4) is 0 Å². The predicted octanol–water partition coefficient (Wildman–Crippen LogP) is 6.87. The van der Waals surface area contributed by atoms with Crippen molar-refractivity contribution in [2.45, 2.75) is 51.9 Å². The lowest BCUT2D eigenvalue weighted by atomic mass is 9.78. The van der Waals surface area contributed by atoms with Crippen LogP contribution in [0.1, 0.15) is 74.3 Å². The van der Waals surface area contributed by atoms with Gasteiger partial charge in [-0.05, 0) is 33.2 Å². The van der Waals surface area contributed by atoms with E-state index in [2.05, 4.69) is 107 Å². The molecule has 2 atom stereocenters. The van der Waals surface area contributed by atoms with Crippen molar-refractivity contribution >= 4 is 5.69 Å². The van der Waals surface area contributed by atoms with E-state index in [0.717, 1.165) is 5.69 Å². The van der Waals surface area contributed by atoms with E-state index in [0.29, 0.717) is 0 Å². The van der Waals surface area contributed by atoms with Gasteiger partial charge in [-0.25, -0.2) is 0 Å². The van der Waals surface area contributed by atoms with Gasteiger partial charge in [0.05, 0.1) is 0 Å². The number of nitrogens with two attached hydrogens (primary N) is 1. The van der Waals surface area contributed by atoms with Gasteiger partial charge in [0.15, 0.2) is 0 Å². The van der Waals surface area contributed by atoms with E-state index in [4.69, 9.17) is 5.73 Å². The summed E-state index contributed by atoms with van der Waals surface area (Å²) in [6.45, 7) is 11.3. The molecule has 27 heavy (non-hydrogen) atoms. The Morgan fingerprint density at radius 3 is 1.37 bits per heavy atom. The highest BCUT2D eigenvalue weighted by atomic mass is 14.6. The van der Waals surface area contributed by atoms with Crippen LogP contribution in [0.15, 0.2) is 72.8 Å².